The summed E-state index contributed by atoms with van der Waals surface area (Å²) in [4.78, 5) is 10.9. The first-order valence-corrected chi connectivity index (χ1v) is 4.97. The molecule has 1 rings (SSSR count). The first kappa shape index (κ1) is 10.7. The highest BCUT2D eigenvalue weighted by atomic mass is 16.5. The summed E-state index contributed by atoms with van der Waals surface area (Å²) in [5, 5.41) is 0. The maximum atomic E-state index is 10.9. The molecule has 0 N–H and O–H groups in total. The Hall–Kier alpha value is -0.410. The molecule has 0 bridgehead atoms. The maximum Gasteiger partial charge on any atom is 0.135 e. The zero-order valence-corrected chi connectivity index (χ0v) is 8.41. The number of carbonyl (C=O) groups is 1. The van der Waals surface area contributed by atoms with Crippen molar-refractivity contribution in [3.8, 4) is 0 Å². The van der Waals surface area contributed by atoms with Crippen LogP contribution in [0.2, 0.25) is 0 Å². The van der Waals surface area contributed by atoms with Gasteiger partial charge in [-0.2, -0.15) is 0 Å². The number of ether oxygens (including phenoxy) is 2. The molecule has 0 aliphatic heterocycles. The number of hydrogen-bond acceptors (Lipinski definition) is 3. The second kappa shape index (κ2) is 5.35. The Morgan fingerprint density at radius 2 is 2.38 bits per heavy atom. The lowest BCUT2D eigenvalue weighted by Crippen LogP contribution is -2.22. The summed E-state index contributed by atoms with van der Waals surface area (Å²) in [6.45, 7) is 5.29. The summed E-state index contributed by atoms with van der Waals surface area (Å²) in [5.74, 6) is 0.327. The van der Waals surface area contributed by atoms with Crippen molar-refractivity contribution in [2.24, 2.45) is 0 Å². The average Bonchev–Trinajstić information content (AvgIpc) is 2.48. The van der Waals surface area contributed by atoms with Crippen molar-refractivity contribution in [2.75, 3.05) is 13.2 Å². The minimum Gasteiger partial charge on any atom is -0.379 e. The summed E-state index contributed by atoms with van der Waals surface area (Å²) in [5.41, 5.74) is 0. The topological polar surface area (TPSA) is 35.5 Å². The van der Waals surface area contributed by atoms with E-state index in [0.717, 1.165) is 13.0 Å². The number of Topliss-reactive ketones (excluding diaryl/α,β-unsaturated/α-hetero) is 1. The fourth-order valence-electron chi connectivity index (χ4n) is 1.55. The van der Waals surface area contributed by atoms with Gasteiger partial charge >= 0.3 is 0 Å². The lowest BCUT2D eigenvalue weighted by Gasteiger charge is -2.17. The van der Waals surface area contributed by atoms with Gasteiger partial charge in [-0.25, -0.2) is 0 Å². The van der Waals surface area contributed by atoms with Crippen LogP contribution in [0.15, 0.2) is 0 Å². The van der Waals surface area contributed by atoms with Gasteiger partial charge in [-0.15, -0.1) is 0 Å². The highest BCUT2D eigenvalue weighted by molar-refractivity contribution is 5.81. The molecule has 0 amide bonds. The minimum atomic E-state index is 0.107. The van der Waals surface area contributed by atoms with E-state index in [0.29, 0.717) is 25.2 Å². The zero-order valence-electron chi connectivity index (χ0n) is 8.41. The van der Waals surface area contributed by atoms with Crippen LogP contribution in [-0.4, -0.2) is 31.2 Å². The monoisotopic (exact) mass is 186 g/mol. The number of carbonyl (C=O) groups excluding carboxylic acids is 1. The Morgan fingerprint density at radius 3 is 2.92 bits per heavy atom. The summed E-state index contributed by atoms with van der Waals surface area (Å²) >= 11 is 0. The fourth-order valence-corrected chi connectivity index (χ4v) is 1.55. The number of ketones is 1. The van der Waals surface area contributed by atoms with E-state index in [1.54, 1.807) is 0 Å². The van der Waals surface area contributed by atoms with E-state index in [-0.39, 0.29) is 12.2 Å². The number of rotatable bonds is 5. The van der Waals surface area contributed by atoms with Crippen molar-refractivity contribution >= 4 is 5.78 Å². The molecular weight excluding hydrogens is 168 g/mol. The molecule has 2 unspecified atom stereocenters. The molecule has 3 nitrogen and oxygen atoms in total. The Kier molecular flexibility index (Phi) is 4.39. The summed E-state index contributed by atoms with van der Waals surface area (Å²) in [7, 11) is 0. The zero-order chi connectivity index (χ0) is 9.68. The van der Waals surface area contributed by atoms with Gasteiger partial charge in [0.25, 0.3) is 0 Å². The van der Waals surface area contributed by atoms with Crippen LogP contribution in [0.4, 0.5) is 0 Å². The smallest absolute Gasteiger partial charge is 0.135 e. The minimum absolute atomic E-state index is 0.107. The Balaban J connectivity index is 2.13. The standard InChI is InChI=1S/C10H18O3/c1-3-12-7-8(2)13-10-5-4-9(11)6-10/h8,10H,3-7H2,1-2H3. The van der Waals surface area contributed by atoms with E-state index < -0.39 is 0 Å². The van der Waals surface area contributed by atoms with Crippen LogP contribution in [0.25, 0.3) is 0 Å². The fraction of sp³-hybridized carbons (Fsp3) is 0.900. The van der Waals surface area contributed by atoms with Crippen LogP contribution in [0.3, 0.4) is 0 Å². The Morgan fingerprint density at radius 1 is 1.62 bits per heavy atom. The maximum absolute atomic E-state index is 10.9. The quantitative estimate of drug-likeness (QED) is 0.653. The highest BCUT2D eigenvalue weighted by Gasteiger charge is 2.24. The van der Waals surface area contributed by atoms with Crippen molar-refractivity contribution in [2.45, 2.75) is 45.3 Å². The third-order valence-electron chi connectivity index (χ3n) is 2.18. The second-order valence-corrected chi connectivity index (χ2v) is 3.51. The van der Waals surface area contributed by atoms with E-state index in [4.69, 9.17) is 9.47 Å². The normalized spacial score (nSPS) is 25.1. The van der Waals surface area contributed by atoms with Gasteiger partial charge < -0.3 is 9.47 Å². The van der Waals surface area contributed by atoms with E-state index in [9.17, 15) is 4.79 Å². The third-order valence-corrected chi connectivity index (χ3v) is 2.18. The van der Waals surface area contributed by atoms with Gasteiger partial charge in [-0.1, -0.05) is 0 Å². The molecule has 0 heterocycles. The van der Waals surface area contributed by atoms with Gasteiger partial charge in [-0.05, 0) is 20.3 Å². The van der Waals surface area contributed by atoms with E-state index in [1.165, 1.54) is 0 Å². The van der Waals surface area contributed by atoms with Crippen LogP contribution in [0.5, 0.6) is 0 Å². The summed E-state index contributed by atoms with van der Waals surface area (Å²) in [6.07, 6.45) is 2.41. The molecule has 13 heavy (non-hydrogen) atoms. The molecule has 2 atom stereocenters. The van der Waals surface area contributed by atoms with Gasteiger partial charge in [0.1, 0.15) is 5.78 Å². The van der Waals surface area contributed by atoms with Gasteiger partial charge in [-0.3, -0.25) is 4.79 Å². The first-order chi connectivity index (χ1) is 6.22. The Labute approximate surface area is 79.4 Å². The second-order valence-electron chi connectivity index (χ2n) is 3.51. The Bertz CT molecular complexity index is 168. The van der Waals surface area contributed by atoms with Gasteiger partial charge in [0.05, 0.1) is 18.8 Å². The largest absolute Gasteiger partial charge is 0.379 e. The number of hydrogen-bond donors (Lipinski definition) is 0. The van der Waals surface area contributed by atoms with Crippen molar-refractivity contribution in [3.05, 3.63) is 0 Å². The first-order valence-electron chi connectivity index (χ1n) is 4.97. The van der Waals surface area contributed by atoms with Gasteiger partial charge in [0, 0.05) is 19.4 Å². The average molecular weight is 186 g/mol. The van der Waals surface area contributed by atoms with Crippen molar-refractivity contribution in [1.29, 1.82) is 0 Å². The molecule has 1 saturated carbocycles. The van der Waals surface area contributed by atoms with Crippen LogP contribution in [0.1, 0.15) is 33.1 Å². The van der Waals surface area contributed by atoms with E-state index in [2.05, 4.69) is 0 Å². The molecule has 0 radical (unpaired) electrons. The summed E-state index contributed by atoms with van der Waals surface area (Å²) < 4.78 is 10.9. The predicted molar refractivity (Wildman–Crippen MR) is 49.7 cm³/mol. The van der Waals surface area contributed by atoms with Crippen LogP contribution < -0.4 is 0 Å². The van der Waals surface area contributed by atoms with E-state index in [1.807, 2.05) is 13.8 Å². The lowest BCUT2D eigenvalue weighted by molar-refractivity contribution is -0.118. The molecule has 0 spiro atoms. The van der Waals surface area contributed by atoms with Crippen molar-refractivity contribution in [1.82, 2.24) is 0 Å². The summed E-state index contributed by atoms with van der Waals surface area (Å²) in [6, 6.07) is 0. The van der Waals surface area contributed by atoms with E-state index >= 15 is 0 Å². The van der Waals surface area contributed by atoms with Crippen LogP contribution >= 0.6 is 0 Å². The molecule has 0 saturated heterocycles. The molecule has 3 heteroatoms. The molecular formula is C10H18O3. The van der Waals surface area contributed by atoms with Crippen LogP contribution in [0, 0.1) is 0 Å². The molecule has 1 aliphatic rings. The molecule has 0 aromatic rings. The molecule has 76 valence electrons. The van der Waals surface area contributed by atoms with Crippen molar-refractivity contribution < 1.29 is 14.3 Å². The molecule has 0 aromatic carbocycles. The lowest BCUT2D eigenvalue weighted by atomic mass is 10.3. The molecule has 1 fully saturated rings. The third kappa shape index (κ3) is 3.87. The van der Waals surface area contributed by atoms with Gasteiger partial charge in [0.2, 0.25) is 0 Å². The molecule has 1 aliphatic carbocycles. The molecule has 0 aromatic heterocycles. The van der Waals surface area contributed by atoms with Crippen molar-refractivity contribution in [3.63, 3.8) is 0 Å². The van der Waals surface area contributed by atoms with Gasteiger partial charge in [0.15, 0.2) is 0 Å². The highest BCUT2D eigenvalue weighted by Crippen LogP contribution is 2.19. The predicted octanol–water partition coefficient (Wildman–Crippen LogP) is 1.55. The van der Waals surface area contributed by atoms with Crippen LogP contribution in [-0.2, 0) is 14.3 Å². The SMILES string of the molecule is CCOCC(C)OC1CCC(=O)C1.